The Balaban J connectivity index is 2.14. The van der Waals surface area contributed by atoms with E-state index in [0.717, 1.165) is 10.1 Å². The lowest BCUT2D eigenvalue weighted by Gasteiger charge is -2.00. The maximum absolute atomic E-state index is 12.5. The van der Waals surface area contributed by atoms with E-state index in [0.29, 0.717) is 11.6 Å². The van der Waals surface area contributed by atoms with Gasteiger partial charge in [-0.3, -0.25) is 9.78 Å². The number of imidazole rings is 1. The molecule has 0 amide bonds. The topological polar surface area (TPSA) is 81.9 Å². The number of aryl methyl sites for hydroxylation is 1. The Bertz CT molecular complexity index is 1180. The fourth-order valence-electron chi connectivity index (χ4n) is 2.39. The summed E-state index contributed by atoms with van der Waals surface area (Å²) in [4.78, 5) is 31.2. The summed E-state index contributed by atoms with van der Waals surface area (Å²) >= 11 is 0. The Morgan fingerprint density at radius 3 is 2.84 bits per heavy atom. The first-order valence-electron chi connectivity index (χ1n) is 7.34. The number of ether oxygens (including phenoxy) is 1. The zero-order valence-corrected chi connectivity index (χ0v) is 13.7. The molecule has 0 saturated heterocycles. The molecule has 1 aromatic carbocycles. The molecule has 0 aliphatic rings. The number of aromatic amines is 1. The van der Waals surface area contributed by atoms with Crippen LogP contribution in [0.2, 0.25) is 0 Å². The summed E-state index contributed by atoms with van der Waals surface area (Å²) in [5.74, 6) is 9.20. The van der Waals surface area contributed by atoms with E-state index in [1.807, 2.05) is 18.2 Å². The molecular formula is C18H14N4O3. The standard InChI is InChI=1S/C18H14N4O3/c1-4-10-22-17(23)15-16(20-18(22)24)19-14(21(15)2)9-8-12-6-5-7-13(11-12)25-3/h1,5-7,11H,10H2,2-3H3,(H,20,24). The minimum Gasteiger partial charge on any atom is -0.497 e. The molecular weight excluding hydrogens is 320 g/mol. The second-order valence-corrected chi connectivity index (χ2v) is 5.20. The first-order valence-corrected chi connectivity index (χ1v) is 7.34. The van der Waals surface area contributed by atoms with Crippen molar-refractivity contribution < 1.29 is 4.74 Å². The molecule has 124 valence electrons. The molecule has 3 rings (SSSR count). The molecule has 7 nitrogen and oxygen atoms in total. The Hall–Kier alpha value is -3.71. The maximum Gasteiger partial charge on any atom is 0.330 e. The number of hydrogen-bond acceptors (Lipinski definition) is 4. The Morgan fingerprint density at radius 2 is 2.12 bits per heavy atom. The largest absolute Gasteiger partial charge is 0.497 e. The van der Waals surface area contributed by atoms with E-state index in [4.69, 9.17) is 11.2 Å². The summed E-state index contributed by atoms with van der Waals surface area (Å²) in [5, 5.41) is 0. The van der Waals surface area contributed by atoms with Crippen LogP contribution in [-0.2, 0) is 13.6 Å². The van der Waals surface area contributed by atoms with Gasteiger partial charge in [-0.15, -0.1) is 6.42 Å². The molecule has 0 aliphatic carbocycles. The van der Waals surface area contributed by atoms with Crippen LogP contribution in [0.15, 0.2) is 33.9 Å². The number of fused-ring (bicyclic) bond motifs is 1. The van der Waals surface area contributed by atoms with Gasteiger partial charge in [-0.1, -0.05) is 17.9 Å². The first-order chi connectivity index (χ1) is 12.0. The highest BCUT2D eigenvalue weighted by Gasteiger charge is 2.14. The van der Waals surface area contributed by atoms with Crippen molar-refractivity contribution in [2.24, 2.45) is 7.05 Å². The molecule has 2 heterocycles. The lowest BCUT2D eigenvalue weighted by molar-refractivity contribution is 0.414. The molecule has 0 aliphatic heterocycles. The molecule has 0 fully saturated rings. The molecule has 0 unspecified atom stereocenters. The average molecular weight is 334 g/mol. The molecule has 2 aromatic heterocycles. The van der Waals surface area contributed by atoms with Crippen molar-refractivity contribution in [2.75, 3.05) is 7.11 Å². The smallest absolute Gasteiger partial charge is 0.330 e. The van der Waals surface area contributed by atoms with Crippen molar-refractivity contribution in [3.05, 3.63) is 56.5 Å². The molecule has 3 aromatic rings. The van der Waals surface area contributed by atoms with Crippen LogP contribution in [-0.4, -0.2) is 26.2 Å². The van der Waals surface area contributed by atoms with Gasteiger partial charge in [-0.2, -0.15) is 0 Å². The molecule has 0 saturated carbocycles. The van der Waals surface area contributed by atoms with Crippen LogP contribution in [0.25, 0.3) is 11.2 Å². The lowest BCUT2D eigenvalue weighted by atomic mass is 10.2. The molecule has 1 N–H and O–H groups in total. The molecule has 0 radical (unpaired) electrons. The number of benzene rings is 1. The minimum absolute atomic E-state index is 0.111. The van der Waals surface area contributed by atoms with Crippen LogP contribution in [0.3, 0.4) is 0 Å². The molecule has 0 bridgehead atoms. The molecule has 0 atom stereocenters. The van der Waals surface area contributed by atoms with Crippen LogP contribution in [0.5, 0.6) is 5.75 Å². The van der Waals surface area contributed by atoms with Crippen LogP contribution in [0.4, 0.5) is 0 Å². The van der Waals surface area contributed by atoms with Gasteiger partial charge in [0.1, 0.15) is 5.75 Å². The minimum atomic E-state index is -0.596. The molecule has 25 heavy (non-hydrogen) atoms. The van der Waals surface area contributed by atoms with Crippen molar-refractivity contribution in [1.82, 2.24) is 19.1 Å². The predicted octanol–water partition coefficient (Wildman–Crippen LogP) is 0.465. The van der Waals surface area contributed by atoms with Crippen LogP contribution < -0.4 is 16.0 Å². The third-order valence-electron chi connectivity index (χ3n) is 3.65. The number of rotatable bonds is 2. The summed E-state index contributed by atoms with van der Waals surface area (Å²) in [6, 6.07) is 7.27. The van der Waals surface area contributed by atoms with Crippen molar-refractivity contribution in [3.63, 3.8) is 0 Å². The molecule has 7 heteroatoms. The van der Waals surface area contributed by atoms with Gasteiger partial charge >= 0.3 is 5.69 Å². The zero-order chi connectivity index (χ0) is 18.0. The van der Waals surface area contributed by atoms with Crippen LogP contribution in [0, 0.1) is 24.2 Å². The van der Waals surface area contributed by atoms with E-state index in [1.54, 1.807) is 20.2 Å². The Labute approximate surface area is 142 Å². The van der Waals surface area contributed by atoms with Gasteiger partial charge in [0.05, 0.1) is 13.7 Å². The summed E-state index contributed by atoms with van der Waals surface area (Å²) in [7, 11) is 3.24. The van der Waals surface area contributed by atoms with Crippen molar-refractivity contribution in [2.45, 2.75) is 6.54 Å². The number of nitrogens with zero attached hydrogens (tertiary/aromatic N) is 3. The predicted molar refractivity (Wildman–Crippen MR) is 93.4 cm³/mol. The highest BCUT2D eigenvalue weighted by molar-refractivity contribution is 5.71. The van der Waals surface area contributed by atoms with Crippen molar-refractivity contribution in [3.8, 4) is 29.9 Å². The fraction of sp³-hybridized carbons (Fsp3) is 0.167. The number of terminal acetylenes is 1. The number of H-pyrrole nitrogens is 1. The summed E-state index contributed by atoms with van der Waals surface area (Å²) in [6.45, 7) is -0.111. The second kappa shape index (κ2) is 6.42. The van der Waals surface area contributed by atoms with Gasteiger partial charge in [0.2, 0.25) is 0 Å². The van der Waals surface area contributed by atoms with Gasteiger partial charge in [0.25, 0.3) is 5.56 Å². The highest BCUT2D eigenvalue weighted by Crippen LogP contribution is 2.12. The monoisotopic (exact) mass is 334 g/mol. The lowest BCUT2D eigenvalue weighted by Crippen LogP contribution is -2.35. The first kappa shape index (κ1) is 16.2. The van der Waals surface area contributed by atoms with E-state index in [2.05, 4.69) is 27.7 Å². The van der Waals surface area contributed by atoms with Gasteiger partial charge < -0.3 is 9.30 Å². The van der Waals surface area contributed by atoms with Crippen molar-refractivity contribution >= 4 is 11.2 Å². The number of hydrogen-bond donors (Lipinski definition) is 1. The SMILES string of the molecule is C#CCn1c(=O)[nH]c2nc(C#Cc3cccc(OC)c3)n(C)c2c1=O. The third kappa shape index (κ3) is 2.91. The fourth-order valence-corrected chi connectivity index (χ4v) is 2.39. The third-order valence-corrected chi connectivity index (χ3v) is 3.65. The van der Waals surface area contributed by atoms with Gasteiger partial charge in [-0.25, -0.2) is 14.3 Å². The Morgan fingerprint density at radius 1 is 1.32 bits per heavy atom. The van der Waals surface area contributed by atoms with Crippen LogP contribution in [0.1, 0.15) is 11.4 Å². The average Bonchev–Trinajstić information content (AvgIpc) is 2.92. The van der Waals surface area contributed by atoms with Crippen LogP contribution >= 0.6 is 0 Å². The summed E-state index contributed by atoms with van der Waals surface area (Å²) in [5.41, 5.74) is 0.0668. The van der Waals surface area contributed by atoms with Gasteiger partial charge in [0.15, 0.2) is 17.0 Å². The van der Waals surface area contributed by atoms with E-state index in [9.17, 15) is 9.59 Å². The van der Waals surface area contributed by atoms with E-state index >= 15 is 0 Å². The molecule has 0 spiro atoms. The van der Waals surface area contributed by atoms with Gasteiger partial charge in [0, 0.05) is 12.6 Å². The van der Waals surface area contributed by atoms with E-state index in [1.165, 1.54) is 4.57 Å². The highest BCUT2D eigenvalue weighted by atomic mass is 16.5. The normalized spacial score (nSPS) is 10.1. The second-order valence-electron chi connectivity index (χ2n) is 5.20. The number of aromatic nitrogens is 4. The summed E-state index contributed by atoms with van der Waals surface area (Å²) < 4.78 is 7.64. The number of methoxy groups -OCH3 is 1. The maximum atomic E-state index is 12.5. The zero-order valence-electron chi connectivity index (χ0n) is 13.7. The van der Waals surface area contributed by atoms with E-state index < -0.39 is 11.2 Å². The van der Waals surface area contributed by atoms with Gasteiger partial charge in [-0.05, 0) is 24.1 Å². The quantitative estimate of drug-likeness (QED) is 0.691. The van der Waals surface area contributed by atoms with E-state index in [-0.39, 0.29) is 17.7 Å². The summed E-state index contributed by atoms with van der Waals surface area (Å²) in [6.07, 6.45) is 5.20. The Kier molecular flexibility index (Phi) is 4.15. The van der Waals surface area contributed by atoms with Crippen molar-refractivity contribution in [1.29, 1.82) is 0 Å². The number of nitrogens with one attached hydrogen (secondary N) is 1.